The Morgan fingerprint density at radius 1 is 1.05 bits per heavy atom. The summed E-state index contributed by atoms with van der Waals surface area (Å²) in [5.74, 6) is 0.578. The molecule has 1 amide bonds. The van der Waals surface area contributed by atoms with Crippen molar-refractivity contribution in [2.24, 2.45) is 0 Å². The molecule has 0 aromatic heterocycles. The van der Waals surface area contributed by atoms with Crippen LogP contribution in [0.2, 0.25) is 0 Å². The molecule has 0 saturated heterocycles. The Balaban J connectivity index is 2.04. The summed E-state index contributed by atoms with van der Waals surface area (Å²) < 4.78 is 5.08. The average molecular weight is 255 g/mol. The van der Waals surface area contributed by atoms with E-state index in [2.05, 4.69) is 5.32 Å². The fraction of sp³-hybridized carbons (Fsp3) is 0.188. The maximum atomic E-state index is 12.1. The number of amides is 1. The lowest BCUT2D eigenvalue weighted by atomic mass is 10.0. The number of anilines is 1. The second kappa shape index (κ2) is 6.05. The maximum absolute atomic E-state index is 12.1. The fourth-order valence-corrected chi connectivity index (χ4v) is 1.82. The van der Waals surface area contributed by atoms with Crippen LogP contribution in [-0.4, -0.2) is 13.0 Å². The number of benzene rings is 2. The Kier molecular flexibility index (Phi) is 4.18. The Bertz CT molecular complexity index is 534. The first-order valence-electron chi connectivity index (χ1n) is 6.20. The van der Waals surface area contributed by atoms with E-state index in [1.165, 1.54) is 0 Å². The summed E-state index contributed by atoms with van der Waals surface area (Å²) in [7, 11) is 1.62. The minimum Gasteiger partial charge on any atom is -0.497 e. The van der Waals surface area contributed by atoms with E-state index in [-0.39, 0.29) is 11.8 Å². The van der Waals surface area contributed by atoms with Crippen molar-refractivity contribution in [3.05, 3.63) is 60.2 Å². The molecular weight excluding hydrogens is 238 g/mol. The van der Waals surface area contributed by atoms with Crippen molar-refractivity contribution >= 4 is 11.6 Å². The predicted molar refractivity (Wildman–Crippen MR) is 76.5 cm³/mol. The summed E-state index contributed by atoms with van der Waals surface area (Å²) in [6, 6.07) is 17.0. The third-order valence-corrected chi connectivity index (χ3v) is 3.05. The second-order valence-electron chi connectivity index (χ2n) is 4.35. The van der Waals surface area contributed by atoms with E-state index in [1.807, 2.05) is 61.5 Å². The Morgan fingerprint density at radius 2 is 1.68 bits per heavy atom. The van der Waals surface area contributed by atoms with Gasteiger partial charge in [0.1, 0.15) is 5.75 Å². The number of hydrogen-bond donors (Lipinski definition) is 1. The number of nitrogens with one attached hydrogen (secondary N) is 1. The molecule has 1 unspecified atom stereocenters. The first-order valence-corrected chi connectivity index (χ1v) is 6.20. The molecule has 0 spiro atoms. The van der Waals surface area contributed by atoms with Crippen LogP contribution < -0.4 is 10.1 Å². The van der Waals surface area contributed by atoms with Crippen LogP contribution in [0.1, 0.15) is 18.4 Å². The Labute approximate surface area is 113 Å². The molecule has 98 valence electrons. The van der Waals surface area contributed by atoms with E-state index in [1.54, 1.807) is 7.11 Å². The summed E-state index contributed by atoms with van der Waals surface area (Å²) >= 11 is 0. The summed E-state index contributed by atoms with van der Waals surface area (Å²) in [5, 5.41) is 2.90. The third kappa shape index (κ3) is 3.35. The lowest BCUT2D eigenvalue weighted by molar-refractivity contribution is -0.117. The number of carbonyl (C=O) groups is 1. The summed E-state index contributed by atoms with van der Waals surface area (Å²) in [4.78, 5) is 12.1. The SMILES string of the molecule is COc1ccc(NC(=O)C(C)c2ccccc2)cc1. The highest BCUT2D eigenvalue weighted by Gasteiger charge is 2.14. The molecule has 19 heavy (non-hydrogen) atoms. The van der Waals surface area contributed by atoms with E-state index in [4.69, 9.17) is 4.74 Å². The third-order valence-electron chi connectivity index (χ3n) is 3.05. The van der Waals surface area contributed by atoms with Gasteiger partial charge >= 0.3 is 0 Å². The number of methoxy groups -OCH3 is 1. The smallest absolute Gasteiger partial charge is 0.231 e. The highest BCUT2D eigenvalue weighted by molar-refractivity contribution is 5.95. The molecule has 0 heterocycles. The number of ether oxygens (including phenoxy) is 1. The highest BCUT2D eigenvalue weighted by Crippen LogP contribution is 2.19. The molecule has 3 heteroatoms. The molecular formula is C16H17NO2. The van der Waals surface area contributed by atoms with Gasteiger partial charge in [-0.05, 0) is 36.8 Å². The lowest BCUT2D eigenvalue weighted by Crippen LogP contribution is -2.18. The van der Waals surface area contributed by atoms with Crippen LogP contribution in [-0.2, 0) is 4.79 Å². The van der Waals surface area contributed by atoms with Crippen molar-refractivity contribution in [2.45, 2.75) is 12.8 Å². The van der Waals surface area contributed by atoms with Crippen LogP contribution in [0.4, 0.5) is 5.69 Å². The Hall–Kier alpha value is -2.29. The minimum absolute atomic E-state index is 0.0173. The van der Waals surface area contributed by atoms with Gasteiger partial charge in [0, 0.05) is 5.69 Å². The topological polar surface area (TPSA) is 38.3 Å². The van der Waals surface area contributed by atoms with Crippen LogP contribution in [0, 0.1) is 0 Å². The molecule has 0 fully saturated rings. The maximum Gasteiger partial charge on any atom is 0.231 e. The first kappa shape index (κ1) is 13.1. The normalized spacial score (nSPS) is 11.7. The van der Waals surface area contributed by atoms with Gasteiger partial charge in [-0.1, -0.05) is 30.3 Å². The van der Waals surface area contributed by atoms with Crippen LogP contribution >= 0.6 is 0 Å². The molecule has 1 atom stereocenters. The van der Waals surface area contributed by atoms with Gasteiger partial charge in [-0.15, -0.1) is 0 Å². The number of rotatable bonds is 4. The molecule has 0 aliphatic heterocycles. The van der Waals surface area contributed by atoms with Gasteiger partial charge in [-0.25, -0.2) is 0 Å². The van der Waals surface area contributed by atoms with Crippen LogP contribution in [0.5, 0.6) is 5.75 Å². The van der Waals surface area contributed by atoms with Crippen LogP contribution in [0.25, 0.3) is 0 Å². The minimum atomic E-state index is -0.177. The predicted octanol–water partition coefficient (Wildman–Crippen LogP) is 3.44. The van der Waals surface area contributed by atoms with Crippen molar-refractivity contribution in [1.29, 1.82) is 0 Å². The van der Waals surface area contributed by atoms with Crippen molar-refractivity contribution < 1.29 is 9.53 Å². The first-order chi connectivity index (χ1) is 9.20. The molecule has 0 bridgehead atoms. The quantitative estimate of drug-likeness (QED) is 0.908. The monoisotopic (exact) mass is 255 g/mol. The molecule has 0 aliphatic rings. The largest absolute Gasteiger partial charge is 0.497 e. The van der Waals surface area contributed by atoms with Crippen LogP contribution in [0.3, 0.4) is 0 Å². The van der Waals surface area contributed by atoms with Crippen molar-refractivity contribution in [1.82, 2.24) is 0 Å². The van der Waals surface area contributed by atoms with Crippen LogP contribution in [0.15, 0.2) is 54.6 Å². The highest BCUT2D eigenvalue weighted by atomic mass is 16.5. The second-order valence-corrected chi connectivity index (χ2v) is 4.35. The van der Waals surface area contributed by atoms with Gasteiger partial charge in [0.05, 0.1) is 13.0 Å². The van der Waals surface area contributed by atoms with Gasteiger partial charge in [-0.3, -0.25) is 4.79 Å². The molecule has 3 nitrogen and oxygen atoms in total. The van der Waals surface area contributed by atoms with Gasteiger partial charge in [0.2, 0.25) is 5.91 Å². The van der Waals surface area contributed by atoms with E-state index >= 15 is 0 Å². The summed E-state index contributed by atoms with van der Waals surface area (Å²) in [6.45, 7) is 1.90. The molecule has 0 saturated carbocycles. The van der Waals surface area contributed by atoms with Gasteiger partial charge in [-0.2, -0.15) is 0 Å². The zero-order chi connectivity index (χ0) is 13.7. The number of carbonyl (C=O) groups excluding carboxylic acids is 1. The van der Waals surface area contributed by atoms with E-state index in [0.717, 1.165) is 17.0 Å². The summed E-state index contributed by atoms with van der Waals surface area (Å²) in [5.41, 5.74) is 1.78. The molecule has 2 aromatic rings. The lowest BCUT2D eigenvalue weighted by Gasteiger charge is -2.12. The van der Waals surface area contributed by atoms with E-state index < -0.39 is 0 Å². The van der Waals surface area contributed by atoms with Gasteiger partial charge in [0.15, 0.2) is 0 Å². The van der Waals surface area contributed by atoms with Crippen molar-refractivity contribution in [3.63, 3.8) is 0 Å². The molecule has 0 radical (unpaired) electrons. The average Bonchev–Trinajstić information content (AvgIpc) is 2.48. The van der Waals surface area contributed by atoms with E-state index in [0.29, 0.717) is 0 Å². The van der Waals surface area contributed by atoms with Crippen molar-refractivity contribution in [2.75, 3.05) is 12.4 Å². The zero-order valence-electron chi connectivity index (χ0n) is 11.1. The van der Waals surface area contributed by atoms with Crippen molar-refractivity contribution in [3.8, 4) is 5.75 Å². The van der Waals surface area contributed by atoms with Gasteiger partial charge < -0.3 is 10.1 Å². The Morgan fingerprint density at radius 3 is 2.26 bits per heavy atom. The van der Waals surface area contributed by atoms with E-state index in [9.17, 15) is 4.79 Å². The van der Waals surface area contributed by atoms with Gasteiger partial charge in [0.25, 0.3) is 0 Å². The fourth-order valence-electron chi connectivity index (χ4n) is 1.82. The summed E-state index contributed by atoms with van der Waals surface area (Å²) in [6.07, 6.45) is 0. The molecule has 0 aliphatic carbocycles. The number of hydrogen-bond acceptors (Lipinski definition) is 2. The molecule has 2 rings (SSSR count). The molecule has 2 aromatic carbocycles. The zero-order valence-corrected chi connectivity index (χ0v) is 11.1. The standard InChI is InChI=1S/C16H17NO2/c1-12(13-6-4-3-5-7-13)16(18)17-14-8-10-15(19-2)11-9-14/h3-12H,1-2H3,(H,17,18). The molecule has 1 N–H and O–H groups in total.